The number of rotatable bonds is 3. The van der Waals surface area contributed by atoms with Gasteiger partial charge in [-0.3, -0.25) is 0 Å². The molecule has 1 aromatic carbocycles. The van der Waals surface area contributed by atoms with Crippen LogP contribution in [0.2, 0.25) is 0 Å². The molecular formula is C16H23FN2. The fraction of sp³-hybridized carbons (Fsp3) is 0.625. The summed E-state index contributed by atoms with van der Waals surface area (Å²) < 4.78 is 14.3. The van der Waals surface area contributed by atoms with E-state index in [1.807, 2.05) is 19.2 Å². The maximum Gasteiger partial charge on any atom is 0.146 e. The van der Waals surface area contributed by atoms with Crippen molar-refractivity contribution in [3.05, 3.63) is 29.6 Å². The Balaban J connectivity index is 1.93. The third-order valence-corrected chi connectivity index (χ3v) is 4.73. The van der Waals surface area contributed by atoms with Gasteiger partial charge in [0, 0.05) is 19.1 Å². The minimum absolute atomic E-state index is 0.0565. The number of nitrogens with zero attached hydrogens (tertiary/aromatic N) is 1. The molecule has 1 saturated carbocycles. The molecule has 1 aliphatic heterocycles. The lowest BCUT2D eigenvalue weighted by molar-refractivity contribution is 0.341. The molecule has 1 aliphatic carbocycles. The van der Waals surface area contributed by atoms with Crippen molar-refractivity contribution >= 4 is 5.69 Å². The van der Waals surface area contributed by atoms with Gasteiger partial charge < -0.3 is 10.2 Å². The van der Waals surface area contributed by atoms with E-state index < -0.39 is 0 Å². The quantitative estimate of drug-likeness (QED) is 0.899. The Labute approximate surface area is 115 Å². The van der Waals surface area contributed by atoms with Crippen LogP contribution in [0.5, 0.6) is 0 Å². The molecule has 0 aromatic heterocycles. The second-order valence-corrected chi connectivity index (χ2v) is 5.87. The van der Waals surface area contributed by atoms with Gasteiger partial charge in [-0.05, 0) is 43.9 Å². The largest absolute Gasteiger partial charge is 0.366 e. The van der Waals surface area contributed by atoms with Crippen LogP contribution in [-0.4, -0.2) is 19.6 Å². The minimum Gasteiger partial charge on any atom is -0.366 e. The highest BCUT2D eigenvalue weighted by Gasteiger charge is 2.37. The lowest BCUT2D eigenvalue weighted by atomic mass is 9.85. The molecule has 3 rings (SSSR count). The number of fused-ring (bicyclic) bond motifs is 1. The van der Waals surface area contributed by atoms with Crippen LogP contribution in [0.4, 0.5) is 10.1 Å². The van der Waals surface area contributed by atoms with Crippen molar-refractivity contribution in [2.75, 3.05) is 18.5 Å². The molecule has 2 nitrogen and oxygen atoms in total. The number of anilines is 1. The first kappa shape index (κ1) is 12.9. The summed E-state index contributed by atoms with van der Waals surface area (Å²) in [6.45, 7) is 1.76. The lowest BCUT2D eigenvalue weighted by Crippen LogP contribution is -2.36. The first-order valence-electron chi connectivity index (χ1n) is 7.50. The molecule has 19 heavy (non-hydrogen) atoms. The normalized spacial score (nSPS) is 26.5. The van der Waals surface area contributed by atoms with E-state index in [1.54, 1.807) is 6.07 Å². The Morgan fingerprint density at radius 3 is 2.95 bits per heavy atom. The van der Waals surface area contributed by atoms with E-state index in [2.05, 4.69) is 10.2 Å². The average molecular weight is 262 g/mol. The summed E-state index contributed by atoms with van der Waals surface area (Å²) in [7, 11) is 1.92. The van der Waals surface area contributed by atoms with Crippen molar-refractivity contribution in [2.24, 2.45) is 5.92 Å². The van der Waals surface area contributed by atoms with E-state index >= 15 is 0 Å². The van der Waals surface area contributed by atoms with Gasteiger partial charge in [-0.25, -0.2) is 4.39 Å². The molecule has 0 spiro atoms. The van der Waals surface area contributed by atoms with E-state index in [4.69, 9.17) is 0 Å². The molecule has 2 unspecified atom stereocenters. The molecule has 2 aliphatic rings. The standard InChI is InChI=1S/C16H23FN2/c1-18-11-13-6-4-7-14(17)16(13)19-10-9-12-5-2-3-8-15(12)19/h4,6-7,12,15,18H,2-3,5,8-11H2,1H3. The van der Waals surface area contributed by atoms with Gasteiger partial charge in [0.1, 0.15) is 5.82 Å². The number of halogens is 1. The summed E-state index contributed by atoms with van der Waals surface area (Å²) in [4.78, 5) is 2.35. The zero-order valence-corrected chi connectivity index (χ0v) is 11.7. The minimum atomic E-state index is -0.0565. The molecule has 104 valence electrons. The number of hydrogen-bond donors (Lipinski definition) is 1. The van der Waals surface area contributed by atoms with E-state index in [-0.39, 0.29) is 5.82 Å². The molecular weight excluding hydrogens is 239 g/mol. The van der Waals surface area contributed by atoms with Gasteiger partial charge in [-0.15, -0.1) is 0 Å². The zero-order chi connectivity index (χ0) is 13.2. The molecule has 1 aromatic rings. The zero-order valence-electron chi connectivity index (χ0n) is 11.7. The number of hydrogen-bond acceptors (Lipinski definition) is 2. The summed E-state index contributed by atoms with van der Waals surface area (Å²) in [5.41, 5.74) is 1.94. The first-order valence-corrected chi connectivity index (χ1v) is 7.50. The van der Waals surface area contributed by atoms with Crippen LogP contribution < -0.4 is 10.2 Å². The van der Waals surface area contributed by atoms with Crippen molar-refractivity contribution < 1.29 is 4.39 Å². The highest BCUT2D eigenvalue weighted by molar-refractivity contribution is 5.56. The Kier molecular flexibility index (Phi) is 3.74. The van der Waals surface area contributed by atoms with Crippen LogP contribution in [0.25, 0.3) is 0 Å². The molecule has 2 fully saturated rings. The van der Waals surface area contributed by atoms with Gasteiger partial charge >= 0.3 is 0 Å². The van der Waals surface area contributed by atoms with Gasteiger partial charge in [0.2, 0.25) is 0 Å². The third kappa shape index (κ3) is 2.36. The van der Waals surface area contributed by atoms with Gasteiger partial charge in [0.15, 0.2) is 0 Å². The van der Waals surface area contributed by atoms with Gasteiger partial charge in [-0.2, -0.15) is 0 Å². The van der Waals surface area contributed by atoms with Crippen molar-refractivity contribution in [1.29, 1.82) is 0 Å². The summed E-state index contributed by atoms with van der Waals surface area (Å²) in [6, 6.07) is 6.04. The maximum absolute atomic E-state index is 14.3. The van der Waals surface area contributed by atoms with Crippen LogP contribution in [0.3, 0.4) is 0 Å². The molecule has 1 heterocycles. The summed E-state index contributed by atoms with van der Waals surface area (Å²) in [5.74, 6) is 0.731. The van der Waals surface area contributed by atoms with E-state index in [1.165, 1.54) is 32.1 Å². The van der Waals surface area contributed by atoms with Crippen LogP contribution in [0.1, 0.15) is 37.7 Å². The fourth-order valence-electron chi connectivity index (χ4n) is 3.90. The van der Waals surface area contributed by atoms with Crippen LogP contribution in [0, 0.1) is 11.7 Å². The van der Waals surface area contributed by atoms with E-state index in [9.17, 15) is 4.39 Å². The highest BCUT2D eigenvalue weighted by Crippen LogP contribution is 2.40. The molecule has 2 atom stereocenters. The van der Waals surface area contributed by atoms with Crippen LogP contribution in [0.15, 0.2) is 18.2 Å². The molecule has 3 heteroatoms. The van der Waals surface area contributed by atoms with Gasteiger partial charge in [-0.1, -0.05) is 25.0 Å². The van der Waals surface area contributed by atoms with Crippen LogP contribution >= 0.6 is 0 Å². The topological polar surface area (TPSA) is 15.3 Å². The molecule has 0 amide bonds. The monoisotopic (exact) mass is 262 g/mol. The van der Waals surface area contributed by atoms with Crippen LogP contribution in [-0.2, 0) is 6.54 Å². The highest BCUT2D eigenvalue weighted by atomic mass is 19.1. The first-order chi connectivity index (χ1) is 9.31. The Morgan fingerprint density at radius 1 is 1.26 bits per heavy atom. The average Bonchev–Trinajstić information content (AvgIpc) is 2.83. The molecule has 0 bridgehead atoms. The molecule has 1 saturated heterocycles. The second-order valence-electron chi connectivity index (χ2n) is 5.87. The Hall–Kier alpha value is -1.09. The van der Waals surface area contributed by atoms with Crippen molar-refractivity contribution in [3.8, 4) is 0 Å². The number of benzene rings is 1. The smallest absolute Gasteiger partial charge is 0.146 e. The van der Waals surface area contributed by atoms with Crippen molar-refractivity contribution in [1.82, 2.24) is 5.32 Å². The fourth-order valence-corrected chi connectivity index (χ4v) is 3.90. The molecule has 0 radical (unpaired) electrons. The lowest BCUT2D eigenvalue weighted by Gasteiger charge is -2.34. The third-order valence-electron chi connectivity index (χ3n) is 4.73. The Morgan fingerprint density at radius 2 is 2.11 bits per heavy atom. The summed E-state index contributed by atoms with van der Waals surface area (Å²) in [5, 5.41) is 3.15. The van der Waals surface area contributed by atoms with Crippen molar-refractivity contribution in [3.63, 3.8) is 0 Å². The predicted molar refractivity (Wildman–Crippen MR) is 76.9 cm³/mol. The Bertz CT molecular complexity index is 446. The maximum atomic E-state index is 14.3. The van der Waals surface area contributed by atoms with E-state index in [0.29, 0.717) is 6.04 Å². The number of para-hydroxylation sites is 1. The van der Waals surface area contributed by atoms with E-state index in [0.717, 1.165) is 30.3 Å². The predicted octanol–water partition coefficient (Wildman–Crippen LogP) is 3.31. The molecule has 1 N–H and O–H groups in total. The van der Waals surface area contributed by atoms with Gasteiger partial charge in [0.05, 0.1) is 5.69 Å². The van der Waals surface area contributed by atoms with Crippen molar-refractivity contribution in [2.45, 2.75) is 44.7 Å². The number of nitrogens with one attached hydrogen (secondary N) is 1. The van der Waals surface area contributed by atoms with Gasteiger partial charge in [0.25, 0.3) is 0 Å². The summed E-state index contributed by atoms with van der Waals surface area (Å²) >= 11 is 0. The SMILES string of the molecule is CNCc1cccc(F)c1N1CCC2CCCCC21. The second kappa shape index (κ2) is 5.49. The summed E-state index contributed by atoms with van der Waals surface area (Å²) in [6.07, 6.45) is 6.45.